The van der Waals surface area contributed by atoms with Gasteiger partial charge in [-0.3, -0.25) is 0 Å². The van der Waals surface area contributed by atoms with E-state index in [9.17, 15) is 0 Å². The number of benzene rings is 1. The Hall–Kier alpha value is -1.22. The Bertz CT molecular complexity index is 411. The van der Waals surface area contributed by atoms with Gasteiger partial charge in [0.25, 0.3) is 0 Å². The van der Waals surface area contributed by atoms with Crippen LogP contribution in [-0.2, 0) is 6.42 Å². The fraction of sp³-hybridized carbons (Fsp3) is 0.571. The fourth-order valence-electron chi connectivity index (χ4n) is 2.57. The number of piperidine rings is 1. The maximum Gasteiger partial charge on any atom is 0.122 e. The van der Waals surface area contributed by atoms with Gasteiger partial charge in [-0.15, -0.1) is 0 Å². The number of ether oxygens (including phenoxy) is 2. The maximum atomic E-state index is 6.17. The Morgan fingerprint density at radius 2 is 2.12 bits per heavy atom. The molecule has 1 N–H and O–H groups in total. The van der Waals surface area contributed by atoms with Gasteiger partial charge in [0.2, 0.25) is 0 Å². The highest BCUT2D eigenvalue weighted by atomic mass is 16.5. The van der Waals surface area contributed by atoms with Crippen molar-refractivity contribution in [2.24, 2.45) is 0 Å². The summed E-state index contributed by atoms with van der Waals surface area (Å²) in [6.45, 7) is 5.10. The molecule has 2 aliphatic rings. The van der Waals surface area contributed by atoms with E-state index in [-0.39, 0.29) is 5.60 Å². The summed E-state index contributed by atoms with van der Waals surface area (Å²) < 4.78 is 11.7. The molecule has 0 spiro atoms. The molecule has 0 unspecified atom stereocenters. The van der Waals surface area contributed by atoms with Crippen LogP contribution in [0.1, 0.15) is 25.3 Å². The van der Waals surface area contributed by atoms with Gasteiger partial charge in [-0.1, -0.05) is 0 Å². The van der Waals surface area contributed by atoms with E-state index < -0.39 is 0 Å². The summed E-state index contributed by atoms with van der Waals surface area (Å²) in [5.74, 6) is 2.01. The van der Waals surface area contributed by atoms with Gasteiger partial charge >= 0.3 is 0 Å². The molecule has 92 valence electrons. The largest absolute Gasteiger partial charge is 0.493 e. The summed E-state index contributed by atoms with van der Waals surface area (Å²) in [6.07, 6.45) is 3.14. The highest BCUT2D eigenvalue weighted by Gasteiger charge is 2.29. The second kappa shape index (κ2) is 4.22. The van der Waals surface area contributed by atoms with Crippen LogP contribution in [0.2, 0.25) is 0 Å². The van der Waals surface area contributed by atoms with E-state index in [2.05, 4.69) is 18.3 Å². The van der Waals surface area contributed by atoms with Crippen molar-refractivity contribution in [3.63, 3.8) is 0 Å². The third-order valence-electron chi connectivity index (χ3n) is 3.69. The van der Waals surface area contributed by atoms with E-state index in [0.717, 1.165) is 50.5 Å². The standard InChI is InChI=1S/C14H19NO2/c1-14(5-7-15-8-6-14)17-12-2-3-13-11(10-12)4-9-16-13/h2-3,10,15H,4-9H2,1H3. The third kappa shape index (κ3) is 2.25. The molecule has 1 aromatic rings. The van der Waals surface area contributed by atoms with E-state index in [1.807, 2.05) is 12.1 Å². The first-order chi connectivity index (χ1) is 8.25. The molecule has 1 aromatic carbocycles. The Balaban J connectivity index is 1.76. The molecule has 17 heavy (non-hydrogen) atoms. The van der Waals surface area contributed by atoms with Crippen molar-refractivity contribution in [1.29, 1.82) is 0 Å². The van der Waals surface area contributed by atoms with Crippen LogP contribution in [0, 0.1) is 0 Å². The van der Waals surface area contributed by atoms with Gasteiger partial charge in [-0.2, -0.15) is 0 Å². The first-order valence-corrected chi connectivity index (χ1v) is 6.41. The summed E-state index contributed by atoms with van der Waals surface area (Å²) >= 11 is 0. The first-order valence-electron chi connectivity index (χ1n) is 6.41. The number of nitrogens with one attached hydrogen (secondary N) is 1. The Morgan fingerprint density at radius 3 is 2.94 bits per heavy atom. The van der Waals surface area contributed by atoms with E-state index in [0.29, 0.717) is 0 Å². The van der Waals surface area contributed by atoms with E-state index in [1.165, 1.54) is 5.56 Å². The summed E-state index contributed by atoms with van der Waals surface area (Å²) in [6, 6.07) is 6.19. The zero-order valence-corrected chi connectivity index (χ0v) is 10.3. The number of fused-ring (bicyclic) bond motifs is 1. The van der Waals surface area contributed by atoms with Crippen LogP contribution in [0.3, 0.4) is 0 Å². The van der Waals surface area contributed by atoms with Gasteiger partial charge in [-0.25, -0.2) is 0 Å². The minimum atomic E-state index is -0.0149. The van der Waals surface area contributed by atoms with E-state index >= 15 is 0 Å². The maximum absolute atomic E-state index is 6.17. The first kappa shape index (κ1) is 10.9. The molecule has 0 atom stereocenters. The predicted octanol–water partition coefficient (Wildman–Crippen LogP) is 2.14. The van der Waals surface area contributed by atoms with Crippen LogP contribution in [-0.4, -0.2) is 25.3 Å². The van der Waals surface area contributed by atoms with Crippen LogP contribution < -0.4 is 14.8 Å². The topological polar surface area (TPSA) is 30.5 Å². The Morgan fingerprint density at radius 1 is 1.29 bits per heavy atom. The lowest BCUT2D eigenvalue weighted by Crippen LogP contribution is -2.43. The fourth-order valence-corrected chi connectivity index (χ4v) is 2.57. The number of rotatable bonds is 2. The zero-order chi connectivity index (χ0) is 11.7. The molecular formula is C14H19NO2. The van der Waals surface area contributed by atoms with Gasteiger partial charge < -0.3 is 14.8 Å². The molecule has 0 aliphatic carbocycles. The molecule has 3 heteroatoms. The molecular weight excluding hydrogens is 214 g/mol. The van der Waals surface area contributed by atoms with Crippen molar-refractivity contribution in [3.05, 3.63) is 23.8 Å². The molecule has 1 fully saturated rings. The molecule has 0 radical (unpaired) electrons. The lowest BCUT2D eigenvalue weighted by atomic mass is 9.94. The molecule has 0 bridgehead atoms. The van der Waals surface area contributed by atoms with Gasteiger partial charge in [0.1, 0.15) is 17.1 Å². The molecule has 3 rings (SSSR count). The highest BCUT2D eigenvalue weighted by molar-refractivity contribution is 5.42. The van der Waals surface area contributed by atoms with Gasteiger partial charge in [0, 0.05) is 12.0 Å². The quantitative estimate of drug-likeness (QED) is 0.849. The summed E-state index contributed by atoms with van der Waals surface area (Å²) in [7, 11) is 0. The monoisotopic (exact) mass is 233 g/mol. The molecule has 1 saturated heterocycles. The Labute approximate surface area is 102 Å². The highest BCUT2D eigenvalue weighted by Crippen LogP contribution is 2.32. The van der Waals surface area contributed by atoms with Crippen LogP contribution in [0.15, 0.2) is 18.2 Å². The lowest BCUT2D eigenvalue weighted by molar-refractivity contribution is 0.0555. The molecule has 0 saturated carbocycles. The molecule has 0 amide bonds. The predicted molar refractivity (Wildman–Crippen MR) is 66.8 cm³/mol. The van der Waals surface area contributed by atoms with Crippen LogP contribution in [0.25, 0.3) is 0 Å². The normalized spacial score (nSPS) is 21.7. The number of hydrogen-bond acceptors (Lipinski definition) is 3. The molecule has 0 aromatic heterocycles. The van der Waals surface area contributed by atoms with Crippen molar-refractivity contribution in [2.75, 3.05) is 19.7 Å². The average Bonchev–Trinajstić information content (AvgIpc) is 2.76. The Kier molecular flexibility index (Phi) is 2.71. The zero-order valence-electron chi connectivity index (χ0n) is 10.3. The number of hydrogen-bond donors (Lipinski definition) is 1. The summed E-state index contributed by atoms with van der Waals surface area (Å²) in [5, 5.41) is 3.37. The van der Waals surface area contributed by atoms with Crippen molar-refractivity contribution in [1.82, 2.24) is 5.32 Å². The lowest BCUT2D eigenvalue weighted by Gasteiger charge is -2.34. The molecule has 2 heterocycles. The van der Waals surface area contributed by atoms with Crippen LogP contribution in [0.4, 0.5) is 0 Å². The van der Waals surface area contributed by atoms with Crippen molar-refractivity contribution >= 4 is 0 Å². The second-order valence-corrected chi connectivity index (χ2v) is 5.17. The van der Waals surface area contributed by atoms with E-state index in [4.69, 9.17) is 9.47 Å². The minimum absolute atomic E-state index is 0.0149. The van der Waals surface area contributed by atoms with E-state index in [1.54, 1.807) is 0 Å². The summed E-state index contributed by atoms with van der Waals surface area (Å²) in [4.78, 5) is 0. The average molecular weight is 233 g/mol. The molecule has 2 aliphatic heterocycles. The SMILES string of the molecule is CC1(Oc2ccc3c(c2)CCO3)CCNCC1. The summed E-state index contributed by atoms with van der Waals surface area (Å²) in [5.41, 5.74) is 1.26. The smallest absolute Gasteiger partial charge is 0.122 e. The second-order valence-electron chi connectivity index (χ2n) is 5.17. The van der Waals surface area contributed by atoms with Crippen molar-refractivity contribution in [3.8, 4) is 11.5 Å². The van der Waals surface area contributed by atoms with Gasteiger partial charge in [-0.05, 0) is 51.1 Å². The van der Waals surface area contributed by atoms with Crippen molar-refractivity contribution in [2.45, 2.75) is 31.8 Å². The van der Waals surface area contributed by atoms with Crippen molar-refractivity contribution < 1.29 is 9.47 Å². The van der Waals surface area contributed by atoms with Gasteiger partial charge in [0.05, 0.1) is 6.61 Å². The molecule has 3 nitrogen and oxygen atoms in total. The van der Waals surface area contributed by atoms with Crippen LogP contribution >= 0.6 is 0 Å². The van der Waals surface area contributed by atoms with Crippen LogP contribution in [0.5, 0.6) is 11.5 Å². The third-order valence-corrected chi connectivity index (χ3v) is 3.69. The van der Waals surface area contributed by atoms with Gasteiger partial charge in [0.15, 0.2) is 0 Å². The minimum Gasteiger partial charge on any atom is -0.493 e.